The summed E-state index contributed by atoms with van der Waals surface area (Å²) in [6.45, 7) is 1.70. The van der Waals surface area contributed by atoms with Crippen molar-refractivity contribution in [3.63, 3.8) is 0 Å². The monoisotopic (exact) mass is 283 g/mol. The molecule has 0 aromatic carbocycles. The Morgan fingerprint density at radius 1 is 1.21 bits per heavy atom. The summed E-state index contributed by atoms with van der Waals surface area (Å²) < 4.78 is 5.19. The van der Waals surface area contributed by atoms with Crippen LogP contribution in [0.4, 0.5) is 0 Å². The molecule has 2 heterocycles. The van der Waals surface area contributed by atoms with E-state index >= 15 is 0 Å². The first-order valence-corrected chi connectivity index (χ1v) is 6.24. The summed E-state index contributed by atoms with van der Waals surface area (Å²) in [5.41, 5.74) is 1.33. The van der Waals surface area contributed by atoms with Crippen molar-refractivity contribution in [1.29, 1.82) is 0 Å². The van der Waals surface area contributed by atoms with Gasteiger partial charge >= 0.3 is 11.9 Å². The molecule has 0 fully saturated rings. The molecule has 0 saturated carbocycles. The van der Waals surface area contributed by atoms with E-state index in [1.54, 1.807) is 17.6 Å². The molecule has 0 spiro atoms. The highest BCUT2D eigenvalue weighted by atomic mass is 32.1. The lowest BCUT2D eigenvalue weighted by Gasteiger charge is -1.99. The highest BCUT2D eigenvalue weighted by molar-refractivity contribution is 7.07. The fourth-order valence-corrected chi connectivity index (χ4v) is 1.81. The van der Waals surface area contributed by atoms with Gasteiger partial charge < -0.3 is 19.9 Å². The van der Waals surface area contributed by atoms with Gasteiger partial charge in [0, 0.05) is 6.54 Å². The molecule has 6 nitrogen and oxygen atoms in total. The molecule has 2 rings (SSSR count). The number of carboxylic acid groups (broad SMARTS) is 2. The van der Waals surface area contributed by atoms with Crippen molar-refractivity contribution in [1.82, 2.24) is 5.32 Å². The number of aliphatic carboxylic acids is 2. The van der Waals surface area contributed by atoms with Crippen LogP contribution in [0, 0.1) is 0 Å². The molecule has 0 aliphatic heterocycles. The number of hydrogen-bond acceptors (Lipinski definition) is 5. The molecular formula is C12H13NO5S. The van der Waals surface area contributed by atoms with Crippen LogP contribution in [0.1, 0.15) is 11.3 Å². The van der Waals surface area contributed by atoms with E-state index < -0.39 is 11.9 Å². The molecule has 3 N–H and O–H groups in total. The Morgan fingerprint density at radius 2 is 1.95 bits per heavy atom. The summed E-state index contributed by atoms with van der Waals surface area (Å²) in [5, 5.41) is 22.3. The summed E-state index contributed by atoms with van der Waals surface area (Å²) in [4.78, 5) is 18.2. The van der Waals surface area contributed by atoms with E-state index in [0.29, 0.717) is 0 Å². The lowest BCUT2D eigenvalue weighted by molar-refractivity contribution is -0.159. The minimum Gasteiger partial charge on any atom is -0.473 e. The van der Waals surface area contributed by atoms with Gasteiger partial charge in [-0.25, -0.2) is 9.59 Å². The van der Waals surface area contributed by atoms with Gasteiger partial charge in [0.1, 0.15) is 5.76 Å². The first-order valence-electron chi connectivity index (χ1n) is 5.30. The quantitative estimate of drug-likeness (QED) is 0.740. The highest BCUT2D eigenvalue weighted by Crippen LogP contribution is 2.05. The largest absolute Gasteiger partial charge is 0.473 e. The van der Waals surface area contributed by atoms with E-state index in [0.717, 1.165) is 18.8 Å². The Morgan fingerprint density at radius 3 is 2.42 bits per heavy atom. The third-order valence-corrected chi connectivity index (χ3v) is 2.70. The van der Waals surface area contributed by atoms with Gasteiger partial charge in [0.05, 0.1) is 12.8 Å². The Hall–Kier alpha value is -2.12. The summed E-state index contributed by atoms with van der Waals surface area (Å²) >= 11 is 1.72. The normalized spacial score (nSPS) is 9.47. The summed E-state index contributed by atoms with van der Waals surface area (Å²) in [6, 6.07) is 6.00. The average Bonchev–Trinajstić information content (AvgIpc) is 3.02. The number of carbonyl (C=O) groups is 2. The zero-order valence-electron chi connectivity index (χ0n) is 9.91. The van der Waals surface area contributed by atoms with Crippen molar-refractivity contribution >= 4 is 23.3 Å². The van der Waals surface area contributed by atoms with Gasteiger partial charge in [-0.05, 0) is 34.5 Å². The van der Waals surface area contributed by atoms with Gasteiger partial charge in [0.2, 0.25) is 0 Å². The van der Waals surface area contributed by atoms with Crippen LogP contribution in [-0.4, -0.2) is 22.2 Å². The molecule has 0 aliphatic rings. The van der Waals surface area contributed by atoms with E-state index in [4.69, 9.17) is 24.2 Å². The fraction of sp³-hybridized carbons (Fsp3) is 0.167. The molecular weight excluding hydrogens is 270 g/mol. The second-order valence-electron chi connectivity index (χ2n) is 3.42. The van der Waals surface area contributed by atoms with E-state index in [9.17, 15) is 0 Å². The fourth-order valence-electron chi connectivity index (χ4n) is 1.14. The lowest BCUT2D eigenvalue weighted by atomic mass is 10.3. The second-order valence-corrected chi connectivity index (χ2v) is 4.20. The molecule has 102 valence electrons. The van der Waals surface area contributed by atoms with Crippen LogP contribution in [-0.2, 0) is 22.7 Å². The second kappa shape index (κ2) is 8.06. The summed E-state index contributed by atoms with van der Waals surface area (Å²) in [7, 11) is 0. The molecule has 19 heavy (non-hydrogen) atoms. The number of nitrogens with one attached hydrogen (secondary N) is 1. The maximum atomic E-state index is 9.10. The maximum absolute atomic E-state index is 9.10. The minimum atomic E-state index is -1.82. The number of thiophene rings is 1. The predicted molar refractivity (Wildman–Crippen MR) is 68.8 cm³/mol. The Bertz CT molecular complexity index is 446. The molecule has 0 atom stereocenters. The van der Waals surface area contributed by atoms with Crippen LogP contribution in [0.2, 0.25) is 0 Å². The van der Waals surface area contributed by atoms with Gasteiger partial charge in [-0.15, -0.1) is 0 Å². The van der Waals surface area contributed by atoms with Gasteiger partial charge in [0.25, 0.3) is 0 Å². The predicted octanol–water partition coefficient (Wildman–Crippen LogP) is 1.79. The zero-order chi connectivity index (χ0) is 14.1. The Kier molecular flexibility index (Phi) is 6.34. The van der Waals surface area contributed by atoms with E-state index in [2.05, 4.69) is 22.1 Å². The Labute approximate surface area is 113 Å². The lowest BCUT2D eigenvalue weighted by Crippen LogP contribution is -2.11. The summed E-state index contributed by atoms with van der Waals surface area (Å²) in [5.74, 6) is -2.67. The standard InChI is InChI=1S/C10H11NOS.C2H2O4/c1-2-10(12-4-1)7-11-6-9-3-5-13-8-9;3-1(4)2(5)6/h1-5,8,11H,6-7H2;(H,3,4)(H,5,6). The van der Waals surface area contributed by atoms with E-state index in [1.165, 1.54) is 5.56 Å². The number of furan rings is 1. The van der Waals surface area contributed by atoms with Crippen molar-refractivity contribution in [2.75, 3.05) is 0 Å². The molecule has 7 heteroatoms. The van der Waals surface area contributed by atoms with Crippen LogP contribution < -0.4 is 5.32 Å². The smallest absolute Gasteiger partial charge is 0.414 e. The molecule has 0 saturated heterocycles. The van der Waals surface area contributed by atoms with Crippen molar-refractivity contribution in [3.8, 4) is 0 Å². The van der Waals surface area contributed by atoms with Crippen LogP contribution in [0.25, 0.3) is 0 Å². The zero-order valence-corrected chi connectivity index (χ0v) is 10.7. The summed E-state index contributed by atoms with van der Waals surface area (Å²) in [6.07, 6.45) is 1.70. The highest BCUT2D eigenvalue weighted by Gasteiger charge is 2.04. The van der Waals surface area contributed by atoms with Crippen molar-refractivity contribution in [3.05, 3.63) is 46.5 Å². The molecule has 0 unspecified atom stereocenters. The van der Waals surface area contributed by atoms with Crippen LogP contribution in [0.3, 0.4) is 0 Å². The van der Waals surface area contributed by atoms with Gasteiger partial charge in [-0.2, -0.15) is 11.3 Å². The van der Waals surface area contributed by atoms with E-state index in [-0.39, 0.29) is 0 Å². The Balaban J connectivity index is 0.000000258. The van der Waals surface area contributed by atoms with Gasteiger partial charge in [-0.3, -0.25) is 0 Å². The van der Waals surface area contributed by atoms with Crippen LogP contribution in [0.5, 0.6) is 0 Å². The van der Waals surface area contributed by atoms with Crippen molar-refractivity contribution in [2.24, 2.45) is 0 Å². The third kappa shape index (κ3) is 6.39. The molecule has 0 aliphatic carbocycles. The van der Waals surface area contributed by atoms with Gasteiger partial charge in [-0.1, -0.05) is 0 Å². The number of rotatable bonds is 4. The molecule has 0 amide bonds. The maximum Gasteiger partial charge on any atom is 0.414 e. The minimum absolute atomic E-state index is 0.794. The first kappa shape index (κ1) is 14.9. The number of carboxylic acids is 2. The van der Waals surface area contributed by atoms with Crippen molar-refractivity contribution < 1.29 is 24.2 Å². The third-order valence-electron chi connectivity index (χ3n) is 1.97. The molecule has 0 bridgehead atoms. The number of hydrogen-bond donors (Lipinski definition) is 3. The molecule has 0 radical (unpaired) electrons. The molecule has 2 aromatic heterocycles. The van der Waals surface area contributed by atoms with Crippen LogP contribution >= 0.6 is 11.3 Å². The first-order chi connectivity index (χ1) is 9.09. The SMILES string of the molecule is O=C(O)C(=O)O.c1coc(CNCc2ccsc2)c1. The van der Waals surface area contributed by atoms with Crippen molar-refractivity contribution in [2.45, 2.75) is 13.1 Å². The topological polar surface area (TPSA) is 99.8 Å². The molecule has 2 aromatic rings. The average molecular weight is 283 g/mol. The van der Waals surface area contributed by atoms with E-state index in [1.807, 2.05) is 12.1 Å². The van der Waals surface area contributed by atoms with Crippen LogP contribution in [0.15, 0.2) is 39.6 Å². The van der Waals surface area contributed by atoms with Gasteiger partial charge in [0.15, 0.2) is 0 Å².